The first-order chi connectivity index (χ1) is 10.1. The Morgan fingerprint density at radius 2 is 1.90 bits per heavy atom. The number of carbonyl (C=O) groups is 1. The van der Waals surface area contributed by atoms with Crippen LogP contribution in [-0.2, 0) is 0 Å². The lowest BCUT2D eigenvalue weighted by atomic mass is 9.87. The number of fused-ring (bicyclic) bond motifs is 1. The highest BCUT2D eigenvalue weighted by atomic mass is 19.1. The predicted molar refractivity (Wildman–Crippen MR) is 72.8 cm³/mol. The van der Waals surface area contributed by atoms with Gasteiger partial charge in [-0.25, -0.2) is 4.39 Å². The summed E-state index contributed by atoms with van der Waals surface area (Å²) in [6.45, 7) is 0.0273. The first-order valence-electron chi connectivity index (χ1n) is 6.50. The Hall–Kier alpha value is -2.40. The number of phenols is 1. The topological polar surface area (TPSA) is 66.8 Å². The van der Waals surface area contributed by atoms with Crippen molar-refractivity contribution in [1.29, 1.82) is 0 Å². The predicted octanol–water partition coefficient (Wildman–Crippen LogP) is 2.46. The van der Waals surface area contributed by atoms with Gasteiger partial charge in [-0.2, -0.15) is 0 Å². The molecule has 2 N–H and O–H groups in total. The average molecular weight is 288 g/mol. The molecular weight excluding hydrogens is 275 g/mol. The Labute approximate surface area is 120 Å². The van der Waals surface area contributed by atoms with Crippen LogP contribution in [0.5, 0.6) is 11.5 Å². The van der Waals surface area contributed by atoms with Gasteiger partial charge in [-0.1, -0.05) is 0 Å². The van der Waals surface area contributed by atoms with Gasteiger partial charge in [-0.05, 0) is 42.5 Å². The van der Waals surface area contributed by atoms with Gasteiger partial charge in [0, 0.05) is 11.1 Å². The third-order valence-electron chi connectivity index (χ3n) is 3.58. The largest absolute Gasteiger partial charge is 0.508 e. The van der Waals surface area contributed by atoms with Gasteiger partial charge in [0.15, 0.2) is 5.78 Å². The summed E-state index contributed by atoms with van der Waals surface area (Å²) in [4.78, 5) is 12.4. The zero-order valence-corrected chi connectivity index (χ0v) is 11.0. The molecule has 2 aromatic rings. The van der Waals surface area contributed by atoms with E-state index in [9.17, 15) is 19.4 Å². The van der Waals surface area contributed by atoms with Crippen molar-refractivity contribution in [3.8, 4) is 11.5 Å². The molecule has 1 aliphatic heterocycles. The van der Waals surface area contributed by atoms with Crippen molar-refractivity contribution in [2.75, 3.05) is 6.61 Å². The number of aliphatic hydroxyl groups excluding tert-OH is 1. The number of phenolic OH excluding ortho intramolecular Hbond substituents is 1. The van der Waals surface area contributed by atoms with Crippen LogP contribution in [0.25, 0.3) is 0 Å². The second kappa shape index (κ2) is 5.18. The third kappa shape index (κ3) is 2.48. The van der Waals surface area contributed by atoms with Gasteiger partial charge < -0.3 is 14.9 Å². The Morgan fingerprint density at radius 1 is 1.19 bits per heavy atom. The van der Waals surface area contributed by atoms with Gasteiger partial charge in [-0.15, -0.1) is 0 Å². The molecule has 1 aliphatic rings. The van der Waals surface area contributed by atoms with Crippen LogP contribution >= 0.6 is 0 Å². The van der Waals surface area contributed by atoms with E-state index in [1.807, 2.05) is 0 Å². The lowest BCUT2D eigenvalue weighted by Gasteiger charge is -2.29. The average Bonchev–Trinajstić information content (AvgIpc) is 2.48. The van der Waals surface area contributed by atoms with Gasteiger partial charge in [0.05, 0.1) is 12.0 Å². The monoisotopic (exact) mass is 288 g/mol. The fourth-order valence-electron chi connectivity index (χ4n) is 2.43. The molecular formula is C16H13FO4. The van der Waals surface area contributed by atoms with Gasteiger partial charge >= 0.3 is 0 Å². The number of hydrogen-bond donors (Lipinski definition) is 2. The number of benzene rings is 2. The molecule has 0 amide bonds. The normalized spacial score (nSPS) is 20.5. The van der Waals surface area contributed by atoms with Crippen molar-refractivity contribution in [3.63, 3.8) is 0 Å². The molecule has 2 atom stereocenters. The zero-order chi connectivity index (χ0) is 15.0. The van der Waals surface area contributed by atoms with Gasteiger partial charge in [0.2, 0.25) is 0 Å². The first kappa shape index (κ1) is 13.6. The molecule has 0 saturated heterocycles. The Balaban J connectivity index is 1.90. The highest BCUT2D eigenvalue weighted by Gasteiger charge is 2.35. The van der Waals surface area contributed by atoms with Crippen molar-refractivity contribution in [1.82, 2.24) is 0 Å². The van der Waals surface area contributed by atoms with E-state index < -0.39 is 17.8 Å². The molecule has 0 aromatic heterocycles. The number of halogens is 1. The summed E-state index contributed by atoms with van der Waals surface area (Å²) in [5.41, 5.74) is 0.638. The maximum absolute atomic E-state index is 13.3. The van der Waals surface area contributed by atoms with Crippen molar-refractivity contribution in [2.24, 2.45) is 5.92 Å². The second-order valence-electron chi connectivity index (χ2n) is 4.96. The van der Waals surface area contributed by atoms with E-state index in [0.29, 0.717) is 11.3 Å². The molecule has 0 spiro atoms. The number of Topliss-reactive ketones (excluding diaryl/α,β-unsaturated/α-hetero) is 1. The van der Waals surface area contributed by atoms with E-state index in [4.69, 9.17) is 4.74 Å². The molecule has 0 radical (unpaired) electrons. The highest BCUT2D eigenvalue weighted by molar-refractivity contribution is 5.98. The SMILES string of the molecule is O=C(c1ccc(O)cc1)C1COc2ccc(F)cc2C1O. The minimum absolute atomic E-state index is 0.0273. The molecule has 5 heteroatoms. The first-order valence-corrected chi connectivity index (χ1v) is 6.50. The molecule has 108 valence electrons. The number of ketones is 1. The van der Waals surface area contributed by atoms with E-state index in [-0.39, 0.29) is 23.7 Å². The minimum atomic E-state index is -1.12. The molecule has 2 unspecified atom stereocenters. The quantitative estimate of drug-likeness (QED) is 0.833. The maximum atomic E-state index is 13.3. The van der Waals surface area contributed by atoms with E-state index in [2.05, 4.69) is 0 Å². The van der Waals surface area contributed by atoms with Crippen LogP contribution < -0.4 is 4.74 Å². The minimum Gasteiger partial charge on any atom is -0.508 e. The maximum Gasteiger partial charge on any atom is 0.172 e. The summed E-state index contributed by atoms with van der Waals surface area (Å²) >= 11 is 0. The Kier molecular flexibility index (Phi) is 3.35. The molecule has 21 heavy (non-hydrogen) atoms. The van der Waals surface area contributed by atoms with Crippen molar-refractivity contribution < 1.29 is 24.1 Å². The second-order valence-corrected chi connectivity index (χ2v) is 4.96. The molecule has 0 saturated carbocycles. The van der Waals surface area contributed by atoms with E-state index in [1.165, 1.54) is 42.5 Å². The van der Waals surface area contributed by atoms with Gasteiger partial charge in [-0.3, -0.25) is 4.79 Å². The number of rotatable bonds is 2. The summed E-state index contributed by atoms with van der Waals surface area (Å²) in [6, 6.07) is 9.61. The Morgan fingerprint density at radius 3 is 2.62 bits per heavy atom. The van der Waals surface area contributed by atoms with Crippen LogP contribution in [0.1, 0.15) is 22.0 Å². The van der Waals surface area contributed by atoms with Gasteiger partial charge in [0.1, 0.15) is 23.9 Å². The van der Waals surface area contributed by atoms with Gasteiger partial charge in [0.25, 0.3) is 0 Å². The van der Waals surface area contributed by atoms with E-state index in [1.54, 1.807) is 0 Å². The lowest BCUT2D eigenvalue weighted by molar-refractivity contribution is 0.0416. The zero-order valence-electron chi connectivity index (χ0n) is 11.0. The number of carbonyl (C=O) groups excluding carboxylic acids is 1. The summed E-state index contributed by atoms with van der Waals surface area (Å²) < 4.78 is 18.7. The Bertz CT molecular complexity index is 681. The molecule has 0 aliphatic carbocycles. The molecule has 0 bridgehead atoms. The molecule has 2 aromatic carbocycles. The van der Waals surface area contributed by atoms with Crippen molar-refractivity contribution in [3.05, 3.63) is 59.4 Å². The number of aromatic hydroxyl groups is 1. The summed E-state index contributed by atoms with van der Waals surface area (Å²) in [7, 11) is 0. The summed E-state index contributed by atoms with van der Waals surface area (Å²) in [5.74, 6) is -1.16. The fourth-order valence-corrected chi connectivity index (χ4v) is 2.43. The van der Waals surface area contributed by atoms with E-state index >= 15 is 0 Å². The van der Waals surface area contributed by atoms with E-state index in [0.717, 1.165) is 0 Å². The smallest absolute Gasteiger partial charge is 0.172 e. The third-order valence-corrected chi connectivity index (χ3v) is 3.58. The molecule has 3 rings (SSSR count). The fraction of sp³-hybridized carbons (Fsp3) is 0.188. The molecule has 4 nitrogen and oxygen atoms in total. The van der Waals surface area contributed by atoms with Crippen LogP contribution in [0.3, 0.4) is 0 Å². The highest BCUT2D eigenvalue weighted by Crippen LogP contribution is 2.37. The van der Waals surface area contributed by atoms with Crippen LogP contribution in [0.15, 0.2) is 42.5 Å². The molecule has 1 heterocycles. The summed E-state index contributed by atoms with van der Waals surface area (Å²) in [6.07, 6.45) is -1.12. The summed E-state index contributed by atoms with van der Waals surface area (Å²) in [5, 5.41) is 19.5. The lowest BCUT2D eigenvalue weighted by Crippen LogP contribution is -2.32. The van der Waals surface area contributed by atoms with Crippen LogP contribution in [0.4, 0.5) is 4.39 Å². The number of ether oxygens (including phenoxy) is 1. The standard InChI is InChI=1S/C16H13FO4/c17-10-3-6-14-12(7-10)16(20)13(8-21-14)15(19)9-1-4-11(18)5-2-9/h1-7,13,16,18,20H,8H2. The van der Waals surface area contributed by atoms with Crippen LogP contribution in [-0.4, -0.2) is 22.6 Å². The number of aliphatic hydroxyl groups is 1. The van der Waals surface area contributed by atoms with Crippen LogP contribution in [0.2, 0.25) is 0 Å². The number of hydrogen-bond acceptors (Lipinski definition) is 4. The molecule has 0 fully saturated rings. The van der Waals surface area contributed by atoms with Crippen molar-refractivity contribution >= 4 is 5.78 Å². The van der Waals surface area contributed by atoms with Crippen LogP contribution in [0, 0.1) is 11.7 Å². The van der Waals surface area contributed by atoms with Crippen molar-refractivity contribution in [2.45, 2.75) is 6.10 Å².